The van der Waals surface area contributed by atoms with Gasteiger partial charge >= 0.3 is 0 Å². The summed E-state index contributed by atoms with van der Waals surface area (Å²) >= 11 is 0. The van der Waals surface area contributed by atoms with Gasteiger partial charge in [0.05, 0.1) is 5.52 Å². The molecule has 102 valence electrons. The molecule has 1 nitrogen and oxygen atoms in total. The Balaban J connectivity index is 1.91. The first-order chi connectivity index (χ1) is 9.65. The maximum Gasteiger partial charge on any atom is 0.132 e. The van der Waals surface area contributed by atoms with Crippen LogP contribution in [0.25, 0.3) is 10.9 Å². The van der Waals surface area contributed by atoms with Gasteiger partial charge in [-0.2, -0.15) is 0 Å². The van der Waals surface area contributed by atoms with Gasteiger partial charge in [0.15, 0.2) is 0 Å². The minimum atomic E-state index is -0.156. The Labute approximate surface area is 118 Å². The highest BCUT2D eigenvalue weighted by Gasteiger charge is 2.06. The van der Waals surface area contributed by atoms with Crippen molar-refractivity contribution < 1.29 is 4.39 Å². The average Bonchev–Trinajstić information content (AvgIpc) is 2.84. The Hall–Kier alpha value is -2.09. The zero-order chi connectivity index (χ0) is 14.1. The maximum absolute atomic E-state index is 13.7. The van der Waals surface area contributed by atoms with Crippen LogP contribution in [-0.2, 0) is 6.54 Å². The molecule has 0 saturated carbocycles. The Morgan fingerprint density at radius 1 is 1.00 bits per heavy atom. The molecule has 0 amide bonds. The molecular weight excluding hydrogens is 249 g/mol. The number of fused-ring (bicyclic) bond motifs is 1. The number of nitrogens with zero attached hydrogens (tertiary/aromatic N) is 1. The summed E-state index contributed by atoms with van der Waals surface area (Å²) < 4.78 is 15.8. The van der Waals surface area contributed by atoms with E-state index in [1.807, 2.05) is 18.3 Å². The van der Waals surface area contributed by atoms with Gasteiger partial charge in [-0.05, 0) is 35.2 Å². The molecule has 0 aliphatic carbocycles. The van der Waals surface area contributed by atoms with Crippen LogP contribution < -0.4 is 0 Å². The molecule has 2 heteroatoms. The summed E-state index contributed by atoms with van der Waals surface area (Å²) in [4.78, 5) is 0. The van der Waals surface area contributed by atoms with Crippen molar-refractivity contribution in [1.82, 2.24) is 4.57 Å². The molecule has 0 fully saturated rings. The lowest BCUT2D eigenvalue weighted by molar-refractivity contribution is 0.639. The molecule has 0 atom stereocenters. The molecule has 20 heavy (non-hydrogen) atoms. The maximum atomic E-state index is 13.7. The third kappa shape index (κ3) is 2.34. The Bertz CT molecular complexity index is 723. The number of benzene rings is 2. The highest BCUT2D eigenvalue weighted by Crippen LogP contribution is 2.21. The van der Waals surface area contributed by atoms with Gasteiger partial charge in [0, 0.05) is 18.1 Å². The Morgan fingerprint density at radius 3 is 2.45 bits per heavy atom. The fraction of sp³-hybridized carbons (Fsp3) is 0.222. The van der Waals surface area contributed by atoms with E-state index in [1.165, 1.54) is 17.2 Å². The zero-order valence-corrected chi connectivity index (χ0v) is 11.8. The third-order valence-corrected chi connectivity index (χ3v) is 3.76. The van der Waals surface area contributed by atoms with Crippen molar-refractivity contribution in [1.29, 1.82) is 0 Å². The molecule has 0 radical (unpaired) electrons. The molecule has 3 aromatic rings. The van der Waals surface area contributed by atoms with Gasteiger partial charge in [-0.1, -0.05) is 44.2 Å². The molecule has 0 bridgehead atoms. The van der Waals surface area contributed by atoms with Gasteiger partial charge in [0.25, 0.3) is 0 Å². The van der Waals surface area contributed by atoms with E-state index < -0.39 is 0 Å². The number of aromatic nitrogens is 1. The molecule has 0 aliphatic heterocycles. The lowest BCUT2D eigenvalue weighted by atomic mass is 10.0. The average molecular weight is 267 g/mol. The van der Waals surface area contributed by atoms with Crippen molar-refractivity contribution in [2.45, 2.75) is 26.3 Å². The van der Waals surface area contributed by atoms with Crippen molar-refractivity contribution in [3.8, 4) is 0 Å². The lowest BCUT2D eigenvalue weighted by Gasteiger charge is -2.09. The minimum Gasteiger partial charge on any atom is -0.343 e. The van der Waals surface area contributed by atoms with E-state index in [2.05, 4.69) is 42.7 Å². The number of rotatable bonds is 3. The van der Waals surface area contributed by atoms with E-state index in [1.54, 1.807) is 6.07 Å². The van der Waals surface area contributed by atoms with Crippen LogP contribution in [0.2, 0.25) is 0 Å². The normalized spacial score (nSPS) is 11.4. The van der Waals surface area contributed by atoms with Crippen molar-refractivity contribution >= 4 is 10.9 Å². The second-order valence-corrected chi connectivity index (χ2v) is 5.51. The Morgan fingerprint density at radius 2 is 1.75 bits per heavy atom. The topological polar surface area (TPSA) is 4.93 Å². The second kappa shape index (κ2) is 5.12. The van der Waals surface area contributed by atoms with Crippen LogP contribution in [0.5, 0.6) is 0 Å². The second-order valence-electron chi connectivity index (χ2n) is 5.51. The quantitative estimate of drug-likeness (QED) is 0.632. The van der Waals surface area contributed by atoms with Gasteiger partial charge in [-0.25, -0.2) is 4.39 Å². The lowest BCUT2D eigenvalue weighted by Crippen LogP contribution is -1.98. The van der Waals surface area contributed by atoms with E-state index in [-0.39, 0.29) is 5.82 Å². The van der Waals surface area contributed by atoms with Crippen LogP contribution in [0.15, 0.2) is 54.7 Å². The van der Waals surface area contributed by atoms with Crippen molar-refractivity contribution in [2.75, 3.05) is 0 Å². The summed E-state index contributed by atoms with van der Waals surface area (Å²) in [5.41, 5.74) is 3.52. The van der Waals surface area contributed by atoms with Crippen molar-refractivity contribution in [3.05, 3.63) is 71.7 Å². The predicted molar refractivity (Wildman–Crippen MR) is 81.5 cm³/mol. The van der Waals surface area contributed by atoms with E-state index in [0.717, 1.165) is 12.1 Å². The van der Waals surface area contributed by atoms with Gasteiger partial charge in [-0.15, -0.1) is 0 Å². The molecule has 1 aromatic heterocycles. The first kappa shape index (κ1) is 12.9. The van der Waals surface area contributed by atoms with Crippen LogP contribution in [0.4, 0.5) is 4.39 Å². The van der Waals surface area contributed by atoms with Crippen molar-refractivity contribution in [3.63, 3.8) is 0 Å². The van der Waals surface area contributed by atoms with E-state index in [0.29, 0.717) is 11.3 Å². The molecule has 0 saturated heterocycles. The summed E-state index contributed by atoms with van der Waals surface area (Å²) in [6.45, 7) is 5.15. The first-order valence-corrected chi connectivity index (χ1v) is 6.97. The Kier molecular flexibility index (Phi) is 3.31. The molecule has 0 aliphatic rings. The smallest absolute Gasteiger partial charge is 0.132 e. The SMILES string of the molecule is CC(C)c1ccc(Cn2ccc3c(F)cccc32)cc1. The predicted octanol–water partition coefficient (Wildman–Crippen LogP) is 4.95. The van der Waals surface area contributed by atoms with Gasteiger partial charge in [0.1, 0.15) is 5.82 Å². The van der Waals surface area contributed by atoms with E-state index in [9.17, 15) is 4.39 Å². The van der Waals surface area contributed by atoms with Crippen LogP contribution in [-0.4, -0.2) is 4.57 Å². The first-order valence-electron chi connectivity index (χ1n) is 6.97. The zero-order valence-electron chi connectivity index (χ0n) is 11.8. The summed E-state index contributed by atoms with van der Waals surface area (Å²) in [7, 11) is 0. The highest BCUT2D eigenvalue weighted by molar-refractivity contribution is 5.80. The van der Waals surface area contributed by atoms with Gasteiger partial charge in [-0.3, -0.25) is 0 Å². The fourth-order valence-electron chi connectivity index (χ4n) is 2.53. The summed E-state index contributed by atoms with van der Waals surface area (Å²) in [5, 5.41) is 0.686. The summed E-state index contributed by atoms with van der Waals surface area (Å²) in [6.07, 6.45) is 1.95. The van der Waals surface area contributed by atoms with E-state index in [4.69, 9.17) is 0 Å². The molecule has 0 spiro atoms. The van der Waals surface area contributed by atoms with Crippen LogP contribution in [0, 0.1) is 5.82 Å². The minimum absolute atomic E-state index is 0.156. The molecular formula is C18H18FN. The number of hydrogen-bond donors (Lipinski definition) is 0. The summed E-state index contributed by atoms with van der Waals surface area (Å²) in [5.74, 6) is 0.391. The summed E-state index contributed by atoms with van der Waals surface area (Å²) in [6, 6.07) is 15.7. The molecule has 1 heterocycles. The molecule has 2 aromatic carbocycles. The monoisotopic (exact) mass is 267 g/mol. The van der Waals surface area contributed by atoms with Crippen LogP contribution >= 0.6 is 0 Å². The standard InChI is InChI=1S/C18H18FN/c1-13(2)15-8-6-14(7-9-15)12-20-11-10-16-17(19)4-3-5-18(16)20/h3-11,13H,12H2,1-2H3. The molecule has 3 rings (SSSR count). The van der Waals surface area contributed by atoms with Crippen molar-refractivity contribution in [2.24, 2.45) is 0 Å². The molecule has 0 unspecified atom stereocenters. The fourth-order valence-corrected chi connectivity index (χ4v) is 2.53. The largest absolute Gasteiger partial charge is 0.343 e. The highest BCUT2D eigenvalue weighted by atomic mass is 19.1. The third-order valence-electron chi connectivity index (χ3n) is 3.76. The number of hydrogen-bond acceptors (Lipinski definition) is 0. The van der Waals surface area contributed by atoms with Gasteiger partial charge in [0.2, 0.25) is 0 Å². The van der Waals surface area contributed by atoms with Crippen LogP contribution in [0.1, 0.15) is 30.9 Å². The van der Waals surface area contributed by atoms with Crippen LogP contribution in [0.3, 0.4) is 0 Å². The molecule has 0 N–H and O–H groups in total. The van der Waals surface area contributed by atoms with E-state index >= 15 is 0 Å². The number of halogens is 1. The van der Waals surface area contributed by atoms with Gasteiger partial charge < -0.3 is 4.57 Å².